The van der Waals surface area contributed by atoms with Gasteiger partial charge in [-0.25, -0.2) is 0 Å². The summed E-state index contributed by atoms with van der Waals surface area (Å²) in [5, 5.41) is 0. The molecule has 94 valence electrons. The molecule has 1 fully saturated rings. The van der Waals surface area contributed by atoms with Crippen molar-refractivity contribution < 1.29 is 9.47 Å². The molecule has 2 atom stereocenters. The van der Waals surface area contributed by atoms with Crippen LogP contribution < -0.4 is 4.74 Å². The summed E-state index contributed by atoms with van der Waals surface area (Å²) in [6, 6.07) is 1.88. The van der Waals surface area contributed by atoms with E-state index < -0.39 is 0 Å². The predicted molar refractivity (Wildman–Crippen MR) is 67.5 cm³/mol. The Hall–Kier alpha value is -0.800. The van der Waals surface area contributed by atoms with E-state index in [1.165, 1.54) is 0 Å². The van der Waals surface area contributed by atoms with E-state index in [0.29, 0.717) is 5.88 Å². The number of pyridine rings is 1. The molecule has 4 heteroatoms. The molecule has 2 rings (SSSR count). The highest BCUT2D eigenvalue weighted by molar-refractivity contribution is 6.17. The lowest BCUT2D eigenvalue weighted by Crippen LogP contribution is -2.35. The average molecular weight is 256 g/mol. The Balaban J connectivity index is 2.04. The van der Waals surface area contributed by atoms with Crippen LogP contribution in [0.3, 0.4) is 0 Å². The molecule has 0 spiro atoms. The lowest BCUT2D eigenvalue weighted by Gasteiger charge is -2.32. The molecule has 1 aliphatic rings. The number of nitrogens with zero attached hydrogens (tertiary/aromatic N) is 1. The summed E-state index contributed by atoms with van der Waals surface area (Å²) in [4.78, 5) is 4.05. The summed E-state index contributed by atoms with van der Waals surface area (Å²) >= 11 is 5.86. The third-order valence-electron chi connectivity index (χ3n) is 2.95. The summed E-state index contributed by atoms with van der Waals surface area (Å²) in [5.41, 5.74) is 0.945. The molecule has 1 saturated heterocycles. The summed E-state index contributed by atoms with van der Waals surface area (Å²) < 4.78 is 11.7. The normalized spacial score (nSPS) is 29.0. The molecule has 0 aliphatic carbocycles. The maximum absolute atomic E-state index is 6.01. The van der Waals surface area contributed by atoms with Crippen molar-refractivity contribution in [1.29, 1.82) is 0 Å². The van der Waals surface area contributed by atoms with Gasteiger partial charge in [-0.1, -0.05) is 0 Å². The number of hydrogen-bond donors (Lipinski definition) is 0. The van der Waals surface area contributed by atoms with Gasteiger partial charge in [-0.15, -0.1) is 11.6 Å². The van der Waals surface area contributed by atoms with Gasteiger partial charge in [0.15, 0.2) is 0 Å². The van der Waals surface area contributed by atoms with Crippen LogP contribution in [0.25, 0.3) is 0 Å². The van der Waals surface area contributed by atoms with Crippen LogP contribution in [0.1, 0.15) is 32.3 Å². The molecule has 17 heavy (non-hydrogen) atoms. The fourth-order valence-corrected chi connectivity index (χ4v) is 2.45. The quantitative estimate of drug-likeness (QED) is 0.778. The van der Waals surface area contributed by atoms with Gasteiger partial charge >= 0.3 is 0 Å². The molecule has 0 bridgehead atoms. The predicted octanol–water partition coefficient (Wildman–Crippen LogP) is 3.16. The van der Waals surface area contributed by atoms with Crippen LogP contribution in [0.2, 0.25) is 0 Å². The molecule has 1 aliphatic heterocycles. The molecule has 0 saturated carbocycles. The monoisotopic (exact) mass is 255 g/mol. The zero-order valence-corrected chi connectivity index (χ0v) is 11.0. The van der Waals surface area contributed by atoms with Crippen LogP contribution >= 0.6 is 11.6 Å². The van der Waals surface area contributed by atoms with Crippen LogP contribution in [-0.4, -0.2) is 23.3 Å². The molecule has 1 aromatic heterocycles. The summed E-state index contributed by atoms with van der Waals surface area (Å²) in [6.07, 6.45) is 6.06. The molecule has 0 amide bonds. The highest BCUT2D eigenvalue weighted by Crippen LogP contribution is 2.26. The second-order valence-electron chi connectivity index (χ2n) is 4.59. The molecule has 0 aromatic carbocycles. The van der Waals surface area contributed by atoms with E-state index in [-0.39, 0.29) is 18.3 Å². The van der Waals surface area contributed by atoms with Gasteiger partial charge in [-0.3, -0.25) is 4.98 Å². The second kappa shape index (κ2) is 5.69. The summed E-state index contributed by atoms with van der Waals surface area (Å²) in [6.45, 7) is 4.17. The maximum Gasteiger partial charge on any atom is 0.127 e. The molecular formula is C13H18ClNO2. The molecule has 0 radical (unpaired) electrons. The van der Waals surface area contributed by atoms with Crippen LogP contribution in [-0.2, 0) is 10.6 Å². The highest BCUT2D eigenvalue weighted by atomic mass is 35.5. The first-order valence-corrected chi connectivity index (χ1v) is 6.53. The minimum Gasteiger partial charge on any atom is -0.490 e. The number of halogens is 1. The average Bonchev–Trinajstić information content (AvgIpc) is 2.28. The number of rotatable bonds is 3. The molecule has 1 aromatic rings. The SMILES string of the molecule is CC1CC(Oc2ccncc2CCl)CC(C)O1. The van der Waals surface area contributed by atoms with E-state index in [2.05, 4.69) is 18.8 Å². The molecular weight excluding hydrogens is 238 g/mol. The molecule has 3 nitrogen and oxygen atoms in total. The molecule has 2 heterocycles. The summed E-state index contributed by atoms with van der Waals surface area (Å²) in [7, 11) is 0. The van der Waals surface area contributed by atoms with Crippen molar-refractivity contribution in [2.24, 2.45) is 0 Å². The topological polar surface area (TPSA) is 31.4 Å². The standard InChI is InChI=1S/C13H18ClNO2/c1-9-5-12(6-10(2)16-9)17-13-3-4-15-8-11(13)7-14/h3-4,8-10,12H,5-7H2,1-2H3. The van der Waals surface area contributed by atoms with Gasteiger partial charge in [0.1, 0.15) is 11.9 Å². The highest BCUT2D eigenvalue weighted by Gasteiger charge is 2.26. The van der Waals surface area contributed by atoms with Gasteiger partial charge in [0.2, 0.25) is 0 Å². The van der Waals surface area contributed by atoms with Gasteiger partial charge in [0.25, 0.3) is 0 Å². The van der Waals surface area contributed by atoms with Gasteiger partial charge < -0.3 is 9.47 Å². The Labute approximate surface area is 107 Å². The van der Waals surface area contributed by atoms with Gasteiger partial charge in [0.05, 0.1) is 18.1 Å². The first-order chi connectivity index (χ1) is 8.19. The van der Waals surface area contributed by atoms with Crippen molar-refractivity contribution in [3.63, 3.8) is 0 Å². The van der Waals surface area contributed by atoms with Gasteiger partial charge in [-0.2, -0.15) is 0 Å². The van der Waals surface area contributed by atoms with E-state index in [4.69, 9.17) is 21.1 Å². The van der Waals surface area contributed by atoms with E-state index in [1.807, 2.05) is 6.07 Å². The van der Waals surface area contributed by atoms with Crippen molar-refractivity contribution in [3.05, 3.63) is 24.0 Å². The smallest absolute Gasteiger partial charge is 0.127 e. The Bertz CT molecular complexity index is 362. The largest absolute Gasteiger partial charge is 0.490 e. The first kappa shape index (κ1) is 12.7. The third-order valence-corrected chi connectivity index (χ3v) is 3.24. The van der Waals surface area contributed by atoms with Crippen LogP contribution in [0.5, 0.6) is 5.75 Å². The molecule has 0 N–H and O–H groups in total. The Morgan fingerprint density at radius 1 is 1.41 bits per heavy atom. The summed E-state index contributed by atoms with van der Waals surface area (Å²) in [5.74, 6) is 1.28. The minimum atomic E-state index is 0.207. The van der Waals surface area contributed by atoms with Crippen molar-refractivity contribution in [3.8, 4) is 5.75 Å². The number of aromatic nitrogens is 1. The van der Waals surface area contributed by atoms with Crippen molar-refractivity contribution in [2.75, 3.05) is 0 Å². The van der Waals surface area contributed by atoms with Crippen LogP contribution in [0.4, 0.5) is 0 Å². The van der Waals surface area contributed by atoms with Gasteiger partial charge in [0, 0.05) is 30.8 Å². The fourth-order valence-electron chi connectivity index (χ4n) is 2.25. The number of hydrogen-bond acceptors (Lipinski definition) is 3. The van der Waals surface area contributed by atoms with E-state index in [9.17, 15) is 0 Å². The molecule has 2 unspecified atom stereocenters. The Morgan fingerprint density at radius 2 is 2.12 bits per heavy atom. The van der Waals surface area contributed by atoms with E-state index >= 15 is 0 Å². The second-order valence-corrected chi connectivity index (χ2v) is 4.85. The lowest BCUT2D eigenvalue weighted by molar-refractivity contribution is -0.0722. The van der Waals surface area contributed by atoms with Crippen LogP contribution in [0.15, 0.2) is 18.5 Å². The van der Waals surface area contributed by atoms with Crippen molar-refractivity contribution in [2.45, 2.75) is 50.9 Å². The zero-order valence-electron chi connectivity index (χ0n) is 10.2. The Morgan fingerprint density at radius 3 is 2.76 bits per heavy atom. The fraction of sp³-hybridized carbons (Fsp3) is 0.615. The lowest BCUT2D eigenvalue weighted by atomic mass is 10.0. The first-order valence-electron chi connectivity index (χ1n) is 6.00. The zero-order chi connectivity index (χ0) is 12.3. The number of ether oxygens (including phenoxy) is 2. The van der Waals surface area contributed by atoms with Crippen molar-refractivity contribution in [1.82, 2.24) is 4.98 Å². The van der Waals surface area contributed by atoms with Crippen molar-refractivity contribution >= 4 is 11.6 Å². The Kier molecular flexibility index (Phi) is 4.24. The van der Waals surface area contributed by atoms with Crippen LogP contribution in [0, 0.1) is 0 Å². The van der Waals surface area contributed by atoms with E-state index in [1.54, 1.807) is 12.4 Å². The number of alkyl halides is 1. The maximum atomic E-state index is 6.01. The minimum absolute atomic E-state index is 0.207. The van der Waals surface area contributed by atoms with E-state index in [0.717, 1.165) is 24.2 Å². The van der Waals surface area contributed by atoms with Gasteiger partial charge in [-0.05, 0) is 19.9 Å². The third kappa shape index (κ3) is 3.33.